The van der Waals surface area contributed by atoms with Crippen molar-refractivity contribution in [2.24, 2.45) is 0 Å². The smallest absolute Gasteiger partial charge is 0.266 e. The largest absolute Gasteiger partial charge is 0.550 e. The Bertz CT molecular complexity index is 743. The third kappa shape index (κ3) is 4.58. The molecule has 25 heavy (non-hydrogen) atoms. The van der Waals surface area contributed by atoms with Crippen LogP contribution in [0.4, 0.5) is 0 Å². The van der Waals surface area contributed by atoms with E-state index in [0.717, 1.165) is 16.7 Å². The van der Waals surface area contributed by atoms with Crippen molar-refractivity contribution in [1.82, 2.24) is 4.90 Å². The third-order valence-electron chi connectivity index (χ3n) is 3.44. The van der Waals surface area contributed by atoms with Crippen molar-refractivity contribution in [3.8, 4) is 5.75 Å². The highest BCUT2D eigenvalue weighted by Gasteiger charge is 2.37. The van der Waals surface area contributed by atoms with Crippen LogP contribution in [0, 0.1) is 0 Å². The SMILES string of the molecule is COc1ccc(/C=C2/SC(=S)N([C@H](CCC(=O)[O-])C(=O)[O-])C2=O)cc1. The maximum atomic E-state index is 12.5. The van der Waals surface area contributed by atoms with E-state index in [9.17, 15) is 24.6 Å². The summed E-state index contributed by atoms with van der Waals surface area (Å²) in [5.41, 5.74) is 0.709. The highest BCUT2D eigenvalue weighted by molar-refractivity contribution is 8.26. The van der Waals surface area contributed by atoms with E-state index in [2.05, 4.69) is 0 Å². The molecule has 0 unspecified atom stereocenters. The van der Waals surface area contributed by atoms with Gasteiger partial charge in [-0.2, -0.15) is 0 Å². The second-order valence-corrected chi connectivity index (χ2v) is 6.75. The first-order valence-electron chi connectivity index (χ1n) is 7.15. The van der Waals surface area contributed by atoms with Gasteiger partial charge in [0.1, 0.15) is 10.1 Å². The molecule has 1 fully saturated rings. The van der Waals surface area contributed by atoms with E-state index in [1.54, 1.807) is 30.3 Å². The van der Waals surface area contributed by atoms with Gasteiger partial charge >= 0.3 is 0 Å². The molecule has 0 radical (unpaired) electrons. The molecule has 1 saturated heterocycles. The number of amides is 1. The number of hydrogen-bond acceptors (Lipinski definition) is 8. The van der Waals surface area contributed by atoms with Gasteiger partial charge in [0.2, 0.25) is 0 Å². The number of carbonyl (C=O) groups is 3. The summed E-state index contributed by atoms with van der Waals surface area (Å²) in [6, 6.07) is 5.45. The Morgan fingerprint density at radius 1 is 1.32 bits per heavy atom. The van der Waals surface area contributed by atoms with Crippen LogP contribution in [0.25, 0.3) is 6.08 Å². The molecule has 132 valence electrons. The van der Waals surface area contributed by atoms with Crippen molar-refractivity contribution in [1.29, 1.82) is 0 Å². The van der Waals surface area contributed by atoms with Gasteiger partial charge in [-0.05, 0) is 36.6 Å². The van der Waals surface area contributed by atoms with E-state index >= 15 is 0 Å². The fourth-order valence-corrected chi connectivity index (χ4v) is 3.56. The number of ether oxygens (including phenoxy) is 1. The Morgan fingerprint density at radius 3 is 2.48 bits per heavy atom. The lowest BCUT2D eigenvalue weighted by Crippen LogP contribution is -2.50. The monoisotopic (exact) mass is 379 g/mol. The van der Waals surface area contributed by atoms with Crippen LogP contribution >= 0.6 is 24.0 Å². The number of thioether (sulfide) groups is 1. The first-order chi connectivity index (χ1) is 11.8. The van der Waals surface area contributed by atoms with Gasteiger partial charge in [0.25, 0.3) is 5.91 Å². The normalized spacial score (nSPS) is 17.0. The second-order valence-electron chi connectivity index (χ2n) is 5.07. The third-order valence-corrected chi connectivity index (χ3v) is 4.77. The Kier molecular flexibility index (Phi) is 6.16. The molecule has 1 heterocycles. The fraction of sp³-hybridized carbons (Fsp3) is 0.250. The summed E-state index contributed by atoms with van der Waals surface area (Å²) < 4.78 is 5.09. The number of nitrogens with zero attached hydrogens (tertiary/aromatic N) is 1. The number of carboxylic acids is 2. The number of benzene rings is 1. The molecule has 2 rings (SSSR count). The van der Waals surface area contributed by atoms with Crippen molar-refractivity contribution in [2.45, 2.75) is 18.9 Å². The molecule has 1 aliphatic rings. The van der Waals surface area contributed by atoms with Crippen LogP contribution in [0.1, 0.15) is 18.4 Å². The van der Waals surface area contributed by atoms with Crippen LogP contribution in [0.2, 0.25) is 0 Å². The molecule has 9 heteroatoms. The highest BCUT2D eigenvalue weighted by Crippen LogP contribution is 2.34. The minimum absolute atomic E-state index is 0.0392. The molecule has 0 aliphatic carbocycles. The topological polar surface area (TPSA) is 110 Å². The molecule has 1 amide bonds. The molecule has 0 aromatic heterocycles. The zero-order valence-electron chi connectivity index (χ0n) is 13.1. The zero-order chi connectivity index (χ0) is 18.6. The lowest BCUT2D eigenvalue weighted by molar-refractivity contribution is -0.311. The van der Waals surface area contributed by atoms with Gasteiger partial charge in [-0.3, -0.25) is 9.69 Å². The van der Waals surface area contributed by atoms with Crippen LogP contribution in [0.3, 0.4) is 0 Å². The summed E-state index contributed by atoms with van der Waals surface area (Å²) in [5, 5.41) is 21.9. The van der Waals surface area contributed by atoms with E-state index in [1.165, 1.54) is 7.11 Å². The molecule has 1 atom stereocenters. The molecule has 0 saturated carbocycles. The lowest BCUT2D eigenvalue weighted by atomic mass is 10.1. The molecule has 0 N–H and O–H groups in total. The Balaban J connectivity index is 2.23. The number of aliphatic carboxylic acids is 2. The Labute approximate surface area is 153 Å². The molecular weight excluding hydrogens is 366 g/mol. The molecule has 1 aliphatic heterocycles. The first kappa shape index (κ1) is 18.9. The maximum Gasteiger partial charge on any atom is 0.266 e. The van der Waals surface area contributed by atoms with Crippen LogP contribution in [0.15, 0.2) is 29.2 Å². The van der Waals surface area contributed by atoms with E-state index in [0.29, 0.717) is 11.3 Å². The minimum atomic E-state index is -1.57. The quantitative estimate of drug-likeness (QED) is 0.463. The van der Waals surface area contributed by atoms with Crippen molar-refractivity contribution in [3.05, 3.63) is 34.7 Å². The highest BCUT2D eigenvalue weighted by atomic mass is 32.2. The van der Waals surface area contributed by atoms with Gasteiger partial charge < -0.3 is 24.5 Å². The predicted octanol–water partition coefficient (Wildman–Crippen LogP) is -0.455. The maximum absolute atomic E-state index is 12.5. The summed E-state index contributed by atoms with van der Waals surface area (Å²) in [5.74, 6) is -2.92. The van der Waals surface area contributed by atoms with Gasteiger partial charge in [0, 0.05) is 5.97 Å². The standard InChI is InChI=1S/C16H15NO6S2/c1-23-10-4-2-9(3-5-10)8-12-14(20)17(16(24)25-12)11(15(21)22)6-7-13(18)19/h2-5,8,11H,6-7H2,1H3,(H,18,19)(H,21,22)/p-2/b12-8+/t11-/m1/s1. The predicted molar refractivity (Wildman–Crippen MR) is 91.0 cm³/mol. The summed E-state index contributed by atoms with van der Waals surface area (Å²) in [4.78, 5) is 35.5. The van der Waals surface area contributed by atoms with Crippen LogP contribution in [-0.4, -0.2) is 40.2 Å². The number of rotatable bonds is 7. The van der Waals surface area contributed by atoms with E-state index in [-0.39, 0.29) is 15.6 Å². The molecule has 0 spiro atoms. The molecule has 1 aromatic rings. The van der Waals surface area contributed by atoms with Gasteiger partial charge in [0.05, 0.1) is 24.0 Å². The van der Waals surface area contributed by atoms with Gasteiger partial charge in [-0.1, -0.05) is 36.1 Å². The summed E-state index contributed by atoms with van der Waals surface area (Å²) >= 11 is 6.03. The van der Waals surface area contributed by atoms with E-state index in [1.807, 2.05) is 0 Å². The van der Waals surface area contributed by atoms with Crippen molar-refractivity contribution < 1.29 is 29.3 Å². The second kappa shape index (κ2) is 8.13. The van der Waals surface area contributed by atoms with E-state index in [4.69, 9.17) is 17.0 Å². The molecular formula is C16H13NO6S2-2. The average Bonchev–Trinajstić information content (AvgIpc) is 2.83. The number of thiocarbonyl (C=S) groups is 1. The van der Waals surface area contributed by atoms with Gasteiger partial charge in [-0.15, -0.1) is 0 Å². The van der Waals surface area contributed by atoms with Crippen LogP contribution in [0.5, 0.6) is 5.75 Å². The minimum Gasteiger partial charge on any atom is -0.550 e. The Hall–Kier alpha value is -2.39. The number of hydrogen-bond donors (Lipinski definition) is 0. The van der Waals surface area contributed by atoms with Crippen LogP contribution < -0.4 is 14.9 Å². The Morgan fingerprint density at radius 2 is 1.96 bits per heavy atom. The molecule has 1 aromatic carbocycles. The summed E-state index contributed by atoms with van der Waals surface area (Å²) in [6.07, 6.45) is 0.712. The zero-order valence-corrected chi connectivity index (χ0v) is 14.7. The number of methoxy groups -OCH3 is 1. The number of carbonyl (C=O) groups excluding carboxylic acids is 3. The summed E-state index contributed by atoms with van der Waals surface area (Å²) in [7, 11) is 1.53. The van der Waals surface area contributed by atoms with Gasteiger partial charge in [0.15, 0.2) is 0 Å². The fourth-order valence-electron chi connectivity index (χ4n) is 2.21. The number of carboxylic acid groups (broad SMARTS) is 2. The lowest BCUT2D eigenvalue weighted by Gasteiger charge is -2.27. The summed E-state index contributed by atoms with van der Waals surface area (Å²) in [6.45, 7) is 0. The molecule has 7 nitrogen and oxygen atoms in total. The first-order valence-corrected chi connectivity index (χ1v) is 8.37. The van der Waals surface area contributed by atoms with Crippen LogP contribution in [-0.2, 0) is 14.4 Å². The van der Waals surface area contributed by atoms with Crippen molar-refractivity contribution in [3.63, 3.8) is 0 Å². The average molecular weight is 379 g/mol. The molecule has 0 bridgehead atoms. The van der Waals surface area contributed by atoms with E-state index < -0.39 is 30.3 Å². The van der Waals surface area contributed by atoms with Gasteiger partial charge in [-0.25, -0.2) is 0 Å². The van der Waals surface area contributed by atoms with Crippen molar-refractivity contribution >= 4 is 52.2 Å². The van der Waals surface area contributed by atoms with Crippen molar-refractivity contribution in [2.75, 3.05) is 7.11 Å².